The summed E-state index contributed by atoms with van der Waals surface area (Å²) in [7, 11) is 0. The van der Waals surface area contributed by atoms with Crippen LogP contribution in [0.3, 0.4) is 0 Å². The van der Waals surface area contributed by atoms with Gasteiger partial charge >= 0.3 is 11.9 Å². The molecular formula is C20H22F4N4O2. The minimum absolute atomic E-state index is 0.108. The van der Waals surface area contributed by atoms with E-state index in [0.717, 1.165) is 17.2 Å². The second-order valence-electron chi connectivity index (χ2n) is 8.12. The van der Waals surface area contributed by atoms with Crippen LogP contribution in [0.5, 0.6) is 0 Å². The van der Waals surface area contributed by atoms with E-state index in [4.69, 9.17) is 0 Å². The van der Waals surface area contributed by atoms with Crippen LogP contribution in [-0.4, -0.2) is 38.2 Å². The predicted octanol–water partition coefficient (Wildman–Crippen LogP) is 3.00. The van der Waals surface area contributed by atoms with Crippen molar-refractivity contribution in [3.05, 3.63) is 51.5 Å². The van der Waals surface area contributed by atoms with Gasteiger partial charge in [0.15, 0.2) is 0 Å². The summed E-state index contributed by atoms with van der Waals surface area (Å²) >= 11 is 0. The summed E-state index contributed by atoms with van der Waals surface area (Å²) < 4.78 is 54.9. The lowest BCUT2D eigenvalue weighted by Crippen LogP contribution is -2.41. The topological polar surface area (TPSA) is 60.1 Å². The van der Waals surface area contributed by atoms with E-state index in [-0.39, 0.29) is 18.0 Å². The molecule has 1 unspecified atom stereocenters. The molecule has 1 amide bonds. The molecule has 0 radical (unpaired) electrons. The van der Waals surface area contributed by atoms with Crippen molar-refractivity contribution in [1.29, 1.82) is 0 Å². The third-order valence-electron chi connectivity index (χ3n) is 5.82. The molecule has 2 atom stereocenters. The van der Waals surface area contributed by atoms with Crippen LogP contribution in [0.1, 0.15) is 49.2 Å². The molecule has 0 spiro atoms. The monoisotopic (exact) mass is 426 g/mol. The van der Waals surface area contributed by atoms with Gasteiger partial charge in [0.05, 0.1) is 12.1 Å². The average molecular weight is 426 g/mol. The zero-order valence-electron chi connectivity index (χ0n) is 16.5. The normalized spacial score (nSPS) is 21.7. The van der Waals surface area contributed by atoms with E-state index >= 15 is 0 Å². The molecule has 2 aromatic rings. The van der Waals surface area contributed by atoms with Crippen molar-refractivity contribution in [2.24, 2.45) is 5.92 Å². The van der Waals surface area contributed by atoms with Gasteiger partial charge in [-0.3, -0.25) is 9.36 Å². The lowest BCUT2D eigenvalue weighted by molar-refractivity contribution is -0.140. The van der Waals surface area contributed by atoms with Crippen LogP contribution in [-0.2, 0) is 23.9 Å². The van der Waals surface area contributed by atoms with Crippen molar-refractivity contribution in [3.8, 4) is 0 Å². The fourth-order valence-electron chi connectivity index (χ4n) is 4.28. The summed E-state index contributed by atoms with van der Waals surface area (Å²) in [6, 6.07) is 1.98. The van der Waals surface area contributed by atoms with Gasteiger partial charge in [-0.05, 0) is 42.9 Å². The Morgan fingerprint density at radius 2 is 2.03 bits per heavy atom. The Morgan fingerprint density at radius 1 is 1.27 bits per heavy atom. The first-order valence-electron chi connectivity index (χ1n) is 9.98. The van der Waals surface area contributed by atoms with Crippen molar-refractivity contribution in [1.82, 2.24) is 19.2 Å². The number of alkyl halides is 3. The molecule has 1 saturated heterocycles. The Kier molecular flexibility index (Phi) is 5.19. The predicted molar refractivity (Wildman–Crippen MR) is 99.3 cm³/mol. The Hall–Kier alpha value is -2.65. The number of nitrogens with zero attached hydrogens (tertiary/aromatic N) is 4. The molecule has 3 heterocycles. The Morgan fingerprint density at radius 3 is 2.70 bits per heavy atom. The molecular weight excluding hydrogens is 404 g/mol. The van der Waals surface area contributed by atoms with Crippen LogP contribution in [0.2, 0.25) is 0 Å². The molecule has 4 rings (SSSR count). The van der Waals surface area contributed by atoms with E-state index in [9.17, 15) is 27.2 Å². The van der Waals surface area contributed by atoms with Crippen LogP contribution in [0, 0.1) is 11.7 Å². The smallest absolute Gasteiger partial charge is 0.341 e. The number of carbonyl (C=O) groups excluding carboxylic acids is 1. The third kappa shape index (κ3) is 3.75. The molecule has 10 heteroatoms. The van der Waals surface area contributed by atoms with Gasteiger partial charge in [0.25, 0.3) is 0 Å². The van der Waals surface area contributed by atoms with Crippen molar-refractivity contribution < 1.29 is 22.4 Å². The summed E-state index contributed by atoms with van der Waals surface area (Å²) in [5.41, 5.74) is -1.81. The molecule has 1 fully saturated rings. The van der Waals surface area contributed by atoms with E-state index < -0.39 is 29.3 Å². The van der Waals surface area contributed by atoms with Crippen LogP contribution in [0.25, 0.3) is 0 Å². The van der Waals surface area contributed by atoms with Gasteiger partial charge in [-0.25, -0.2) is 13.9 Å². The molecule has 2 aliphatic heterocycles. The van der Waals surface area contributed by atoms with Gasteiger partial charge in [0.1, 0.15) is 17.7 Å². The fraction of sp³-hybridized carbons (Fsp3) is 0.550. The first kappa shape index (κ1) is 20.6. The SMILES string of the molecule is C[C@H]1CCN(C(=O)C2CCCc3nn(Cc4ccc(F)c(C(F)(F)F)c4)c(=O)n32)C1. The van der Waals surface area contributed by atoms with E-state index in [1.807, 2.05) is 0 Å². The van der Waals surface area contributed by atoms with Gasteiger partial charge in [-0.15, -0.1) is 0 Å². The van der Waals surface area contributed by atoms with Crippen molar-refractivity contribution in [2.75, 3.05) is 13.1 Å². The van der Waals surface area contributed by atoms with Gasteiger partial charge in [0.2, 0.25) is 5.91 Å². The van der Waals surface area contributed by atoms with Gasteiger partial charge in [-0.1, -0.05) is 13.0 Å². The number of carbonyl (C=O) groups is 1. The molecule has 2 aliphatic rings. The summed E-state index contributed by atoms with van der Waals surface area (Å²) in [5.74, 6) is -0.607. The standard InChI is InChI=1S/C20H22F4N4O2/c1-12-7-8-26(10-12)18(29)16-3-2-4-17-25-27(19(30)28(16)17)11-13-5-6-15(21)14(9-13)20(22,23)24/h5-6,9,12,16H,2-4,7-8,10-11H2,1H3/t12-,16?/m0/s1. The highest BCUT2D eigenvalue weighted by atomic mass is 19.4. The Balaban J connectivity index is 1.63. The van der Waals surface area contributed by atoms with E-state index in [1.165, 1.54) is 10.6 Å². The molecule has 0 N–H and O–H groups in total. The van der Waals surface area contributed by atoms with Crippen LogP contribution < -0.4 is 5.69 Å². The largest absolute Gasteiger partial charge is 0.419 e. The van der Waals surface area contributed by atoms with Crippen LogP contribution in [0.4, 0.5) is 17.6 Å². The maximum Gasteiger partial charge on any atom is 0.419 e. The number of halogens is 4. The number of benzene rings is 1. The summed E-state index contributed by atoms with van der Waals surface area (Å²) in [6.45, 7) is 3.15. The number of likely N-dealkylation sites (tertiary alicyclic amines) is 1. The summed E-state index contributed by atoms with van der Waals surface area (Å²) in [5, 5.41) is 4.26. The van der Waals surface area contributed by atoms with E-state index in [1.54, 1.807) is 4.90 Å². The summed E-state index contributed by atoms with van der Waals surface area (Å²) in [6.07, 6.45) is -2.17. The highest BCUT2D eigenvalue weighted by Gasteiger charge is 2.36. The lowest BCUT2D eigenvalue weighted by Gasteiger charge is -2.27. The number of hydrogen-bond donors (Lipinski definition) is 0. The first-order valence-corrected chi connectivity index (χ1v) is 9.98. The quantitative estimate of drug-likeness (QED) is 0.709. The summed E-state index contributed by atoms with van der Waals surface area (Å²) in [4.78, 5) is 27.7. The Labute approximate surface area is 170 Å². The van der Waals surface area contributed by atoms with Crippen molar-refractivity contribution in [2.45, 2.75) is 51.4 Å². The molecule has 1 aromatic heterocycles. The maximum absolute atomic E-state index is 13.5. The number of rotatable bonds is 3. The molecule has 1 aromatic carbocycles. The Bertz CT molecular complexity index is 1030. The van der Waals surface area contributed by atoms with Gasteiger partial charge in [0, 0.05) is 19.5 Å². The highest BCUT2D eigenvalue weighted by molar-refractivity contribution is 5.81. The van der Waals surface area contributed by atoms with Crippen molar-refractivity contribution in [3.63, 3.8) is 0 Å². The molecule has 162 valence electrons. The minimum atomic E-state index is -4.83. The highest BCUT2D eigenvalue weighted by Crippen LogP contribution is 2.32. The molecule has 6 nitrogen and oxygen atoms in total. The minimum Gasteiger partial charge on any atom is -0.341 e. The second-order valence-corrected chi connectivity index (χ2v) is 8.12. The number of fused-ring (bicyclic) bond motifs is 1. The van der Waals surface area contributed by atoms with Gasteiger partial charge < -0.3 is 4.90 Å². The molecule has 0 saturated carbocycles. The average Bonchev–Trinajstić information content (AvgIpc) is 3.25. The molecule has 0 aliphatic carbocycles. The zero-order valence-corrected chi connectivity index (χ0v) is 16.5. The van der Waals surface area contributed by atoms with E-state index in [2.05, 4.69) is 12.0 Å². The van der Waals surface area contributed by atoms with Crippen LogP contribution >= 0.6 is 0 Å². The van der Waals surface area contributed by atoms with Crippen LogP contribution in [0.15, 0.2) is 23.0 Å². The number of hydrogen-bond acceptors (Lipinski definition) is 3. The third-order valence-corrected chi connectivity index (χ3v) is 5.82. The van der Waals surface area contributed by atoms with E-state index in [0.29, 0.717) is 50.2 Å². The number of aromatic nitrogens is 3. The number of aryl methyl sites for hydroxylation is 1. The molecule has 0 bridgehead atoms. The fourth-order valence-corrected chi connectivity index (χ4v) is 4.28. The zero-order chi connectivity index (χ0) is 21.6. The van der Waals surface area contributed by atoms with Gasteiger partial charge in [-0.2, -0.15) is 18.3 Å². The second kappa shape index (κ2) is 7.55. The number of amides is 1. The first-order chi connectivity index (χ1) is 14.1. The lowest BCUT2D eigenvalue weighted by atomic mass is 10.0. The maximum atomic E-state index is 13.5. The molecule has 30 heavy (non-hydrogen) atoms. The van der Waals surface area contributed by atoms with Crippen molar-refractivity contribution >= 4 is 5.91 Å².